The van der Waals surface area contributed by atoms with Gasteiger partial charge < -0.3 is 40.8 Å². The summed E-state index contributed by atoms with van der Waals surface area (Å²) in [7, 11) is 0. The van der Waals surface area contributed by atoms with E-state index in [1.54, 1.807) is 70.2 Å². The first-order valence-corrected chi connectivity index (χ1v) is 20.1. The number of ketones is 1. The van der Waals surface area contributed by atoms with Gasteiger partial charge in [-0.15, -0.1) is 6.58 Å². The lowest BCUT2D eigenvalue weighted by atomic mass is 9.84. The summed E-state index contributed by atoms with van der Waals surface area (Å²) in [6.07, 6.45) is 9.82. The van der Waals surface area contributed by atoms with Gasteiger partial charge in [0, 0.05) is 44.3 Å². The maximum atomic E-state index is 14.3. The highest BCUT2D eigenvalue weighted by atomic mass is 16.5. The molecule has 1 saturated heterocycles. The molecule has 1 unspecified atom stereocenters. The largest absolute Gasteiger partial charge is 0.508 e. The number of ether oxygens (including phenoxy) is 1. The van der Waals surface area contributed by atoms with E-state index in [0.717, 1.165) is 0 Å². The molecular weight excluding hydrogens is 759 g/mol. The minimum atomic E-state index is -1.42. The second kappa shape index (κ2) is 23.9. The van der Waals surface area contributed by atoms with Crippen LogP contribution in [-0.2, 0) is 39.9 Å². The number of Topliss-reactive ketones (excluding diaryl/α,β-unsaturated/α-hetero) is 1. The molecule has 2 heterocycles. The van der Waals surface area contributed by atoms with E-state index >= 15 is 0 Å². The number of carbonyl (C=O) groups excluding carboxylic acids is 6. The van der Waals surface area contributed by atoms with E-state index in [-0.39, 0.29) is 49.7 Å². The average Bonchev–Trinajstić information content (AvgIpc) is 3.19. The zero-order chi connectivity index (χ0) is 43.6. The first-order valence-electron chi connectivity index (χ1n) is 20.1. The predicted octanol–water partition coefficient (Wildman–Crippen LogP) is 2.63. The molecule has 1 aromatic rings. The van der Waals surface area contributed by atoms with Crippen molar-refractivity contribution in [2.75, 3.05) is 13.1 Å². The number of phenolic OH excluding ortho intramolecular Hbond substituents is 1. The minimum Gasteiger partial charge on any atom is -0.508 e. The van der Waals surface area contributed by atoms with Gasteiger partial charge in [-0.2, -0.15) is 0 Å². The van der Waals surface area contributed by atoms with E-state index in [9.17, 15) is 44.1 Å². The molecule has 1 aromatic carbocycles. The van der Waals surface area contributed by atoms with Gasteiger partial charge >= 0.3 is 5.97 Å². The highest BCUT2D eigenvalue weighted by Crippen LogP contribution is 2.24. The Labute approximate surface area is 346 Å². The topological polar surface area (TPSA) is 224 Å². The van der Waals surface area contributed by atoms with E-state index in [1.807, 2.05) is 0 Å². The molecule has 0 saturated carbocycles. The summed E-state index contributed by atoms with van der Waals surface area (Å²) >= 11 is 0. The third kappa shape index (κ3) is 15.4. The number of hydrazine groups is 1. The molecule has 2 bridgehead atoms. The number of aliphatic hydroxyl groups excluding tert-OH is 2. The van der Waals surface area contributed by atoms with E-state index in [1.165, 1.54) is 42.3 Å². The fraction of sp³-hybridized carbons (Fsp3) is 0.500. The molecule has 322 valence electrons. The van der Waals surface area contributed by atoms with E-state index in [0.29, 0.717) is 30.5 Å². The highest BCUT2D eigenvalue weighted by molar-refractivity contribution is 5.93. The molecule has 2 aliphatic heterocycles. The summed E-state index contributed by atoms with van der Waals surface area (Å²) in [4.78, 5) is 80.1. The van der Waals surface area contributed by atoms with E-state index in [4.69, 9.17) is 4.74 Å². The summed E-state index contributed by atoms with van der Waals surface area (Å²) < 4.78 is 6.00. The molecule has 2 aliphatic rings. The van der Waals surface area contributed by atoms with Gasteiger partial charge in [-0.1, -0.05) is 75.4 Å². The molecule has 0 aliphatic carbocycles. The van der Waals surface area contributed by atoms with Crippen LogP contribution in [0.15, 0.2) is 85.0 Å². The van der Waals surface area contributed by atoms with Crippen molar-refractivity contribution in [3.8, 4) is 5.75 Å². The van der Waals surface area contributed by atoms with Crippen molar-refractivity contribution in [1.29, 1.82) is 0 Å². The Bertz CT molecular complexity index is 1770. The first-order chi connectivity index (χ1) is 28.0. The van der Waals surface area contributed by atoms with Crippen molar-refractivity contribution in [3.05, 3.63) is 90.6 Å². The third-order valence-electron chi connectivity index (χ3n) is 10.3. The Hall–Kier alpha value is -5.38. The van der Waals surface area contributed by atoms with Crippen LogP contribution in [-0.4, -0.2) is 105 Å². The first kappa shape index (κ1) is 48.0. The number of amides is 4. The Morgan fingerprint density at radius 1 is 1.08 bits per heavy atom. The average molecular weight is 820 g/mol. The number of allylic oxidation sites excluding steroid dienone is 4. The van der Waals surface area contributed by atoms with Gasteiger partial charge in [-0.25, -0.2) is 5.43 Å². The number of phenols is 1. The quantitative estimate of drug-likeness (QED) is 0.0744. The number of nitrogens with zero attached hydrogens (tertiary/aromatic N) is 1. The van der Waals surface area contributed by atoms with Gasteiger partial charge in [0.05, 0.1) is 18.1 Å². The number of hydrogen-bond donors (Lipinski definition) is 7. The van der Waals surface area contributed by atoms with Crippen molar-refractivity contribution < 1.29 is 48.8 Å². The number of benzene rings is 1. The molecule has 15 nitrogen and oxygen atoms in total. The van der Waals surface area contributed by atoms with E-state index in [2.05, 4.69) is 28.0 Å². The summed E-state index contributed by atoms with van der Waals surface area (Å²) in [6.45, 7) is 12.2. The molecular formula is C44H61N5O10. The monoisotopic (exact) mass is 819 g/mol. The Morgan fingerprint density at radius 3 is 2.51 bits per heavy atom. The highest BCUT2D eigenvalue weighted by Gasteiger charge is 2.38. The maximum Gasteiger partial charge on any atom is 0.325 e. The van der Waals surface area contributed by atoms with Gasteiger partial charge in [0.15, 0.2) is 0 Å². The molecule has 59 heavy (non-hydrogen) atoms. The molecule has 0 radical (unpaired) electrons. The van der Waals surface area contributed by atoms with Crippen molar-refractivity contribution in [2.24, 2.45) is 17.8 Å². The molecule has 8 atom stereocenters. The van der Waals surface area contributed by atoms with Crippen LogP contribution in [0, 0.1) is 17.8 Å². The predicted molar refractivity (Wildman–Crippen MR) is 222 cm³/mol. The van der Waals surface area contributed by atoms with Crippen molar-refractivity contribution in [2.45, 2.75) is 110 Å². The lowest BCUT2D eigenvalue weighted by Gasteiger charge is -2.36. The van der Waals surface area contributed by atoms with Crippen LogP contribution in [0.1, 0.15) is 72.3 Å². The molecule has 1 fully saturated rings. The minimum absolute atomic E-state index is 0.0304. The number of carbonyl (C=O) groups is 6. The number of hydrogen-bond acceptors (Lipinski definition) is 11. The smallest absolute Gasteiger partial charge is 0.325 e. The van der Waals surface area contributed by atoms with Gasteiger partial charge in [0.25, 0.3) is 5.91 Å². The van der Waals surface area contributed by atoms with Gasteiger partial charge in [0.1, 0.15) is 35.8 Å². The fourth-order valence-electron chi connectivity index (χ4n) is 6.67. The lowest BCUT2D eigenvalue weighted by molar-refractivity contribution is -0.156. The van der Waals surface area contributed by atoms with Crippen molar-refractivity contribution in [3.63, 3.8) is 0 Å². The normalized spacial score (nSPS) is 27.0. The molecule has 0 aromatic heterocycles. The van der Waals surface area contributed by atoms with Gasteiger partial charge in [-0.05, 0) is 62.3 Å². The lowest BCUT2D eigenvalue weighted by Crippen LogP contribution is -2.62. The Kier molecular flexibility index (Phi) is 19.4. The van der Waals surface area contributed by atoms with Crippen molar-refractivity contribution in [1.82, 2.24) is 26.4 Å². The molecule has 4 amide bonds. The van der Waals surface area contributed by atoms with Crippen LogP contribution >= 0.6 is 0 Å². The summed E-state index contributed by atoms with van der Waals surface area (Å²) in [6, 6.07) is 2.89. The summed E-state index contributed by atoms with van der Waals surface area (Å²) in [5, 5.41) is 42.1. The number of rotatable bonds is 11. The summed E-state index contributed by atoms with van der Waals surface area (Å²) in [5.41, 5.74) is 4.13. The SMILES string of the molecule is C=CCNC(=O)C=CC=C(C)[C@@H]1CC=CC=C[C@H](O)[C@H](C)[C@@H](O)[C@@H](CCC(C)=O)C(=O)N[C@@H](C(C)C)C(=O)N[C@@H](Cc2cccc(O)c2)C(=O)N2CCCC(N2)C(=O)O1. The second-order valence-corrected chi connectivity index (χ2v) is 15.4. The number of esters is 1. The van der Waals surface area contributed by atoms with Gasteiger partial charge in [-0.3, -0.25) is 29.0 Å². The second-order valence-electron chi connectivity index (χ2n) is 15.4. The zero-order valence-corrected chi connectivity index (χ0v) is 34.6. The number of cyclic esters (lactones) is 1. The van der Waals surface area contributed by atoms with Gasteiger partial charge in [0.2, 0.25) is 17.7 Å². The van der Waals surface area contributed by atoms with Crippen LogP contribution in [0.4, 0.5) is 0 Å². The van der Waals surface area contributed by atoms with Crippen LogP contribution < -0.4 is 21.4 Å². The van der Waals surface area contributed by atoms with Crippen LogP contribution in [0.25, 0.3) is 0 Å². The molecule has 7 N–H and O–H groups in total. The number of nitrogens with one attached hydrogen (secondary N) is 4. The fourth-order valence-corrected chi connectivity index (χ4v) is 6.67. The van der Waals surface area contributed by atoms with Crippen LogP contribution in [0.5, 0.6) is 5.75 Å². The van der Waals surface area contributed by atoms with Crippen molar-refractivity contribution >= 4 is 35.4 Å². The van der Waals surface area contributed by atoms with E-state index < -0.39 is 77.9 Å². The number of aromatic hydroxyl groups is 1. The molecule has 3 rings (SSSR count). The van der Waals surface area contributed by atoms with Crippen LogP contribution in [0.2, 0.25) is 0 Å². The maximum absolute atomic E-state index is 14.3. The number of fused-ring (bicyclic) bond motifs is 2. The molecule has 0 spiro atoms. The zero-order valence-electron chi connectivity index (χ0n) is 34.6. The van der Waals surface area contributed by atoms with Crippen LogP contribution in [0.3, 0.4) is 0 Å². The Balaban J connectivity index is 2.07. The molecule has 15 heteroatoms. The third-order valence-corrected chi connectivity index (χ3v) is 10.3. The standard InChI is InChI=1S/C44H61N5O10/c1-7-23-45-38(53)20-11-14-28(4)37-19-10-8-9-18-36(52)30(6)40(54)33(22-21-29(5)50)41(55)47-39(27(2)3)42(56)46-35(26-31-15-12-16-32(51)25-31)43(57)49-24-13-17-34(48-49)44(58)59-37/h7-12,14-16,18,20,25,27,30,33-37,39-40,48,51-52,54H,1,13,17,19,21-24,26H2,2-6H3,(H,45,53)(H,46,56)(H,47,55)/t30-,33+,34?,35-,36-,37-,39-,40+/m0/s1. The number of aliphatic hydroxyl groups is 2. The Morgan fingerprint density at radius 2 is 1.83 bits per heavy atom. The summed E-state index contributed by atoms with van der Waals surface area (Å²) in [5.74, 6) is -5.74.